The number of hydrogen-bond donors (Lipinski definition) is 1. The van der Waals surface area contributed by atoms with Crippen LogP contribution in [0.4, 0.5) is 5.69 Å². The smallest absolute Gasteiger partial charge is 0.257 e. The van der Waals surface area contributed by atoms with Crippen molar-refractivity contribution in [3.05, 3.63) is 23.8 Å². The second kappa shape index (κ2) is 12.4. The molecule has 1 aromatic carbocycles. The molecule has 9 nitrogen and oxygen atoms in total. The summed E-state index contributed by atoms with van der Waals surface area (Å²) in [4.78, 5) is 42.2. The van der Waals surface area contributed by atoms with Crippen LogP contribution in [0.2, 0.25) is 0 Å². The Hall–Kier alpha value is -2.65. The van der Waals surface area contributed by atoms with E-state index >= 15 is 0 Å². The molecule has 0 aliphatic carbocycles. The van der Waals surface area contributed by atoms with Crippen molar-refractivity contribution in [2.75, 3.05) is 52.4 Å². The number of rotatable bonds is 4. The van der Waals surface area contributed by atoms with E-state index in [1.165, 1.54) is 0 Å². The van der Waals surface area contributed by atoms with Crippen LogP contribution >= 0.6 is 0 Å². The molecule has 9 heteroatoms. The normalized spacial score (nSPS) is 24.6. The summed E-state index contributed by atoms with van der Waals surface area (Å²) in [6.45, 7) is 8.08. The Morgan fingerprint density at radius 1 is 1.17 bits per heavy atom. The maximum absolute atomic E-state index is 13.3. The van der Waals surface area contributed by atoms with Crippen molar-refractivity contribution < 1.29 is 28.6 Å². The molecule has 1 N–H and O–H groups in total. The second-order valence-corrected chi connectivity index (χ2v) is 9.58. The second-order valence-electron chi connectivity index (χ2n) is 9.58. The minimum Gasteiger partial charge on any atom is -0.491 e. The highest BCUT2D eigenvalue weighted by molar-refractivity contribution is 5.98. The van der Waals surface area contributed by atoms with E-state index < -0.39 is 0 Å². The number of anilines is 1. The molecule has 2 aliphatic rings. The van der Waals surface area contributed by atoms with Crippen LogP contribution in [0.1, 0.15) is 50.4 Å². The number of amides is 3. The molecule has 0 radical (unpaired) electrons. The van der Waals surface area contributed by atoms with Gasteiger partial charge in [0.15, 0.2) is 0 Å². The van der Waals surface area contributed by atoms with Gasteiger partial charge in [0.1, 0.15) is 12.4 Å². The molecule has 0 unspecified atom stereocenters. The molecular weight excluding hydrogens is 450 g/mol. The molecule has 0 spiro atoms. The average Bonchev–Trinajstić information content (AvgIpc) is 2.87. The number of hydrogen-bond acceptors (Lipinski definition) is 6. The zero-order valence-electron chi connectivity index (χ0n) is 21.5. The molecule has 0 saturated carbocycles. The summed E-state index contributed by atoms with van der Waals surface area (Å²) in [6, 6.07) is 4.90. The monoisotopic (exact) mass is 489 g/mol. The maximum atomic E-state index is 13.3. The Balaban J connectivity index is 1.89. The van der Waals surface area contributed by atoms with Crippen LogP contribution in [0.3, 0.4) is 0 Å². The van der Waals surface area contributed by atoms with Gasteiger partial charge in [-0.3, -0.25) is 14.4 Å². The van der Waals surface area contributed by atoms with Crippen molar-refractivity contribution >= 4 is 23.4 Å². The molecule has 194 valence electrons. The molecule has 1 fully saturated rings. The van der Waals surface area contributed by atoms with E-state index in [-0.39, 0.29) is 48.3 Å². The summed E-state index contributed by atoms with van der Waals surface area (Å²) >= 11 is 0. The summed E-state index contributed by atoms with van der Waals surface area (Å²) in [5.41, 5.74) is 0.973. The van der Waals surface area contributed by atoms with E-state index in [2.05, 4.69) is 5.32 Å². The summed E-state index contributed by atoms with van der Waals surface area (Å²) in [7, 11) is 3.36. The van der Waals surface area contributed by atoms with E-state index in [0.717, 1.165) is 0 Å². The third-order valence-electron chi connectivity index (χ3n) is 6.93. The number of ether oxygens (including phenoxy) is 3. The summed E-state index contributed by atoms with van der Waals surface area (Å²) in [5.74, 6) is 0.1000. The van der Waals surface area contributed by atoms with Crippen LogP contribution in [0.25, 0.3) is 0 Å². The van der Waals surface area contributed by atoms with E-state index in [1.807, 2.05) is 25.7 Å². The predicted octanol–water partition coefficient (Wildman–Crippen LogP) is 2.79. The molecule has 1 aromatic rings. The van der Waals surface area contributed by atoms with Crippen LogP contribution in [-0.4, -0.2) is 86.7 Å². The van der Waals surface area contributed by atoms with Gasteiger partial charge in [-0.15, -0.1) is 0 Å². The third-order valence-corrected chi connectivity index (χ3v) is 6.93. The fraction of sp³-hybridized carbons (Fsp3) is 0.654. The minimum atomic E-state index is -0.231. The van der Waals surface area contributed by atoms with Gasteiger partial charge in [0.05, 0.1) is 17.7 Å². The Morgan fingerprint density at radius 3 is 2.54 bits per heavy atom. The third kappa shape index (κ3) is 6.73. The minimum absolute atomic E-state index is 0.0230. The van der Waals surface area contributed by atoms with Crippen LogP contribution in [-0.2, 0) is 19.1 Å². The molecule has 1 saturated heterocycles. The lowest BCUT2D eigenvalue weighted by Gasteiger charge is -2.36. The molecule has 3 atom stereocenters. The van der Waals surface area contributed by atoms with E-state index in [4.69, 9.17) is 14.2 Å². The Labute approximate surface area is 208 Å². The Kier molecular flexibility index (Phi) is 9.51. The summed E-state index contributed by atoms with van der Waals surface area (Å²) in [5, 5.41) is 2.96. The fourth-order valence-corrected chi connectivity index (χ4v) is 4.60. The van der Waals surface area contributed by atoms with Crippen LogP contribution in [0.5, 0.6) is 5.75 Å². The van der Waals surface area contributed by atoms with Crippen molar-refractivity contribution in [1.29, 1.82) is 0 Å². The molecule has 2 heterocycles. The van der Waals surface area contributed by atoms with Crippen LogP contribution in [0.15, 0.2) is 18.2 Å². The highest BCUT2D eigenvalue weighted by Crippen LogP contribution is 2.28. The number of nitrogens with zero attached hydrogens (tertiary/aromatic N) is 2. The zero-order valence-corrected chi connectivity index (χ0v) is 21.5. The van der Waals surface area contributed by atoms with Crippen molar-refractivity contribution in [3.63, 3.8) is 0 Å². The number of carbonyl (C=O) groups is 3. The number of nitrogens with one attached hydrogen (secondary N) is 1. The Morgan fingerprint density at radius 2 is 1.89 bits per heavy atom. The fourth-order valence-electron chi connectivity index (χ4n) is 4.60. The molecule has 0 aromatic heterocycles. The first-order valence-corrected chi connectivity index (χ1v) is 12.5. The lowest BCUT2D eigenvalue weighted by atomic mass is 9.99. The Bertz CT molecular complexity index is 901. The highest BCUT2D eigenvalue weighted by atomic mass is 16.5. The number of fused-ring (bicyclic) bond motifs is 1. The van der Waals surface area contributed by atoms with Crippen molar-refractivity contribution in [3.8, 4) is 5.75 Å². The van der Waals surface area contributed by atoms with Gasteiger partial charge in [0, 0.05) is 70.5 Å². The first kappa shape index (κ1) is 26.9. The van der Waals surface area contributed by atoms with Crippen LogP contribution in [0, 0.1) is 11.8 Å². The average molecular weight is 490 g/mol. The van der Waals surface area contributed by atoms with Gasteiger partial charge < -0.3 is 29.3 Å². The first-order valence-electron chi connectivity index (χ1n) is 12.5. The number of likely N-dealkylation sites (N-methyl/N-ethyl adjacent to an activating group) is 1. The molecule has 3 rings (SSSR count). The van der Waals surface area contributed by atoms with Gasteiger partial charge in [-0.2, -0.15) is 0 Å². The van der Waals surface area contributed by atoms with E-state index in [1.54, 1.807) is 37.3 Å². The molecule has 35 heavy (non-hydrogen) atoms. The standard InChI is InChI=1S/C26H39N3O6/c1-6-24(30)29-14-17(2)23(33-5)15-28(4)26(32)21-8-7-20(13-22(21)35-16-18(29)3)27-25(31)19-9-11-34-12-10-19/h7-8,13,17-19,23H,6,9-12,14-16H2,1-5H3,(H,27,31)/t17-,18+,23+/m1/s1. The zero-order chi connectivity index (χ0) is 25.5. The largest absolute Gasteiger partial charge is 0.491 e. The quantitative estimate of drug-likeness (QED) is 0.699. The molecule has 3 amide bonds. The van der Waals surface area contributed by atoms with Gasteiger partial charge in [-0.1, -0.05) is 13.8 Å². The van der Waals surface area contributed by atoms with Gasteiger partial charge in [0.2, 0.25) is 11.8 Å². The van der Waals surface area contributed by atoms with Crippen molar-refractivity contribution in [1.82, 2.24) is 9.80 Å². The van der Waals surface area contributed by atoms with Gasteiger partial charge >= 0.3 is 0 Å². The number of benzene rings is 1. The lowest BCUT2D eigenvalue weighted by Crippen LogP contribution is -2.48. The van der Waals surface area contributed by atoms with Crippen molar-refractivity contribution in [2.24, 2.45) is 11.8 Å². The van der Waals surface area contributed by atoms with E-state index in [9.17, 15) is 14.4 Å². The number of carbonyl (C=O) groups excluding carboxylic acids is 3. The summed E-state index contributed by atoms with van der Waals surface area (Å²) in [6.07, 6.45) is 1.54. The van der Waals surface area contributed by atoms with E-state index in [0.29, 0.717) is 62.6 Å². The maximum Gasteiger partial charge on any atom is 0.257 e. The molecular formula is C26H39N3O6. The predicted molar refractivity (Wildman–Crippen MR) is 132 cm³/mol. The topological polar surface area (TPSA) is 97.4 Å². The molecule has 0 bridgehead atoms. The number of methoxy groups -OCH3 is 1. The van der Waals surface area contributed by atoms with Gasteiger partial charge in [-0.25, -0.2) is 0 Å². The molecule has 2 aliphatic heterocycles. The first-order chi connectivity index (χ1) is 16.7. The SMILES string of the molecule is CCC(=O)N1C[C@@H](C)[C@@H](OC)CN(C)C(=O)c2ccc(NC(=O)C3CCOCC3)cc2OC[C@@H]1C. The van der Waals surface area contributed by atoms with Crippen LogP contribution < -0.4 is 10.1 Å². The lowest BCUT2D eigenvalue weighted by molar-refractivity contribution is -0.135. The highest BCUT2D eigenvalue weighted by Gasteiger charge is 2.30. The van der Waals surface area contributed by atoms with Gasteiger partial charge in [-0.05, 0) is 31.9 Å². The summed E-state index contributed by atoms with van der Waals surface area (Å²) < 4.78 is 17.2. The van der Waals surface area contributed by atoms with Crippen molar-refractivity contribution in [2.45, 2.75) is 52.2 Å². The van der Waals surface area contributed by atoms with Gasteiger partial charge in [0.25, 0.3) is 5.91 Å².